The Kier molecular flexibility index (Phi) is 5.39. The fourth-order valence-corrected chi connectivity index (χ4v) is 2.00. The molecule has 1 unspecified atom stereocenters. The van der Waals surface area contributed by atoms with Gasteiger partial charge in [0.05, 0.1) is 12.8 Å². The molecular weight excluding hydrogens is 328 g/mol. The predicted molar refractivity (Wildman–Crippen MR) is 83.1 cm³/mol. The van der Waals surface area contributed by atoms with E-state index in [1.807, 2.05) is 0 Å². The van der Waals surface area contributed by atoms with Gasteiger partial charge in [-0.2, -0.15) is 0 Å². The normalized spacial score (nSPS) is 11.7. The third kappa shape index (κ3) is 4.32. The van der Waals surface area contributed by atoms with Crippen LogP contribution in [0.3, 0.4) is 0 Å². The van der Waals surface area contributed by atoms with Crippen molar-refractivity contribution in [2.75, 3.05) is 12.4 Å². The molecule has 1 N–H and O–H groups in total. The van der Waals surface area contributed by atoms with Crippen LogP contribution in [-0.2, 0) is 4.79 Å². The number of rotatable bonds is 5. The van der Waals surface area contributed by atoms with Gasteiger partial charge in [0.15, 0.2) is 17.7 Å². The molecule has 2 aromatic carbocycles. The average molecular weight is 342 g/mol. The van der Waals surface area contributed by atoms with Crippen molar-refractivity contribution < 1.29 is 23.0 Å². The number of carbonyl (C=O) groups excluding carboxylic acids is 1. The minimum atomic E-state index is -1.02. The van der Waals surface area contributed by atoms with Crippen LogP contribution in [0.25, 0.3) is 0 Å². The summed E-state index contributed by atoms with van der Waals surface area (Å²) in [5.74, 6) is -1.94. The van der Waals surface area contributed by atoms with Crippen molar-refractivity contribution in [3.63, 3.8) is 0 Å². The van der Waals surface area contributed by atoms with Gasteiger partial charge in [0.25, 0.3) is 5.91 Å². The van der Waals surface area contributed by atoms with E-state index in [4.69, 9.17) is 21.1 Å². The highest BCUT2D eigenvalue weighted by atomic mass is 35.5. The number of hydrogen-bond acceptors (Lipinski definition) is 3. The standard InChI is InChI=1S/C16H14ClF2NO3/c1-9(23-14-6-4-11(18)8-12(14)19)16(21)20-13-7-10(17)3-5-15(13)22-2/h3-9H,1-2H3,(H,20,21). The van der Waals surface area contributed by atoms with Gasteiger partial charge in [0.2, 0.25) is 0 Å². The molecule has 0 radical (unpaired) electrons. The quantitative estimate of drug-likeness (QED) is 0.893. The van der Waals surface area contributed by atoms with Gasteiger partial charge in [0, 0.05) is 11.1 Å². The lowest BCUT2D eigenvalue weighted by Crippen LogP contribution is -2.30. The number of ether oxygens (including phenoxy) is 2. The molecule has 7 heteroatoms. The van der Waals surface area contributed by atoms with E-state index in [2.05, 4.69) is 5.32 Å². The molecular formula is C16H14ClF2NO3. The topological polar surface area (TPSA) is 47.6 Å². The number of carbonyl (C=O) groups is 1. The Morgan fingerprint density at radius 2 is 1.87 bits per heavy atom. The summed E-state index contributed by atoms with van der Waals surface area (Å²) in [7, 11) is 1.45. The number of halogens is 3. The van der Waals surface area contributed by atoms with Crippen molar-refractivity contribution in [3.05, 3.63) is 53.1 Å². The van der Waals surface area contributed by atoms with Crippen LogP contribution in [0.5, 0.6) is 11.5 Å². The Bertz CT molecular complexity index is 724. The number of nitrogens with one attached hydrogen (secondary N) is 1. The Balaban J connectivity index is 2.10. The lowest BCUT2D eigenvalue weighted by molar-refractivity contribution is -0.122. The van der Waals surface area contributed by atoms with E-state index < -0.39 is 23.6 Å². The summed E-state index contributed by atoms with van der Waals surface area (Å²) in [6, 6.07) is 7.58. The Hall–Kier alpha value is -2.34. The minimum absolute atomic E-state index is 0.216. The van der Waals surface area contributed by atoms with Crippen LogP contribution >= 0.6 is 11.6 Å². The van der Waals surface area contributed by atoms with Gasteiger partial charge < -0.3 is 14.8 Å². The molecule has 0 aromatic heterocycles. The first-order valence-electron chi connectivity index (χ1n) is 6.67. The number of anilines is 1. The largest absolute Gasteiger partial charge is 0.495 e. The maximum Gasteiger partial charge on any atom is 0.265 e. The van der Waals surface area contributed by atoms with Gasteiger partial charge in [-0.1, -0.05) is 11.6 Å². The first kappa shape index (κ1) is 17.0. The molecule has 122 valence electrons. The fraction of sp³-hybridized carbons (Fsp3) is 0.188. The monoisotopic (exact) mass is 341 g/mol. The zero-order chi connectivity index (χ0) is 17.0. The molecule has 0 aliphatic heterocycles. The van der Waals surface area contributed by atoms with Crippen LogP contribution in [0.15, 0.2) is 36.4 Å². The van der Waals surface area contributed by atoms with E-state index in [9.17, 15) is 13.6 Å². The molecule has 2 aromatic rings. The summed E-state index contributed by atoms with van der Waals surface area (Å²) in [5, 5.41) is 3.00. The summed E-state index contributed by atoms with van der Waals surface area (Å²) in [4.78, 5) is 12.1. The SMILES string of the molecule is COc1ccc(Cl)cc1NC(=O)C(C)Oc1ccc(F)cc1F. The maximum atomic E-state index is 13.5. The van der Waals surface area contributed by atoms with Crippen molar-refractivity contribution in [1.82, 2.24) is 0 Å². The van der Waals surface area contributed by atoms with Crippen molar-refractivity contribution >= 4 is 23.2 Å². The average Bonchev–Trinajstić information content (AvgIpc) is 2.50. The highest BCUT2D eigenvalue weighted by Crippen LogP contribution is 2.28. The fourth-order valence-electron chi connectivity index (χ4n) is 1.83. The molecule has 0 saturated carbocycles. The molecule has 0 heterocycles. The second kappa shape index (κ2) is 7.28. The predicted octanol–water partition coefficient (Wildman–Crippen LogP) is 4.03. The Morgan fingerprint density at radius 3 is 2.52 bits per heavy atom. The zero-order valence-electron chi connectivity index (χ0n) is 12.4. The molecule has 2 rings (SSSR count). The van der Waals surface area contributed by atoms with Gasteiger partial charge in [-0.15, -0.1) is 0 Å². The van der Waals surface area contributed by atoms with E-state index in [-0.39, 0.29) is 5.75 Å². The molecule has 1 atom stereocenters. The first-order chi connectivity index (χ1) is 10.9. The molecule has 23 heavy (non-hydrogen) atoms. The van der Waals surface area contributed by atoms with Crippen molar-refractivity contribution in [1.29, 1.82) is 0 Å². The van der Waals surface area contributed by atoms with E-state index in [0.717, 1.165) is 12.1 Å². The molecule has 0 saturated heterocycles. The molecule has 0 bridgehead atoms. The van der Waals surface area contributed by atoms with Gasteiger partial charge in [-0.05, 0) is 37.3 Å². The van der Waals surface area contributed by atoms with Gasteiger partial charge in [-0.25, -0.2) is 8.78 Å². The van der Waals surface area contributed by atoms with Gasteiger partial charge in [0.1, 0.15) is 11.6 Å². The third-order valence-corrected chi connectivity index (χ3v) is 3.22. The highest BCUT2D eigenvalue weighted by molar-refractivity contribution is 6.31. The lowest BCUT2D eigenvalue weighted by Gasteiger charge is -2.16. The summed E-state index contributed by atoms with van der Waals surface area (Å²) in [6.07, 6.45) is -1.02. The van der Waals surface area contributed by atoms with E-state index >= 15 is 0 Å². The van der Waals surface area contributed by atoms with Crippen molar-refractivity contribution in [3.8, 4) is 11.5 Å². The van der Waals surface area contributed by atoms with Crippen LogP contribution in [0, 0.1) is 11.6 Å². The minimum Gasteiger partial charge on any atom is -0.495 e. The number of hydrogen-bond donors (Lipinski definition) is 1. The molecule has 0 fully saturated rings. The molecule has 0 spiro atoms. The van der Waals surface area contributed by atoms with Crippen molar-refractivity contribution in [2.24, 2.45) is 0 Å². The number of amides is 1. The summed E-state index contributed by atoms with van der Waals surface area (Å²) >= 11 is 5.88. The van der Waals surface area contributed by atoms with Gasteiger partial charge >= 0.3 is 0 Å². The zero-order valence-corrected chi connectivity index (χ0v) is 13.2. The first-order valence-corrected chi connectivity index (χ1v) is 7.04. The third-order valence-electron chi connectivity index (χ3n) is 2.99. The number of methoxy groups -OCH3 is 1. The van der Waals surface area contributed by atoms with Gasteiger partial charge in [-0.3, -0.25) is 4.79 Å². The van der Waals surface area contributed by atoms with Crippen LogP contribution in [0.2, 0.25) is 5.02 Å². The summed E-state index contributed by atoms with van der Waals surface area (Å²) in [5.41, 5.74) is 0.361. The van der Waals surface area contributed by atoms with Crippen molar-refractivity contribution in [2.45, 2.75) is 13.0 Å². The Morgan fingerprint density at radius 1 is 1.17 bits per heavy atom. The van der Waals surface area contributed by atoms with E-state index in [0.29, 0.717) is 22.5 Å². The lowest BCUT2D eigenvalue weighted by atomic mass is 10.2. The number of benzene rings is 2. The van der Waals surface area contributed by atoms with E-state index in [1.54, 1.807) is 12.1 Å². The molecule has 4 nitrogen and oxygen atoms in total. The van der Waals surface area contributed by atoms with E-state index in [1.165, 1.54) is 20.1 Å². The van der Waals surface area contributed by atoms with Crippen LogP contribution < -0.4 is 14.8 Å². The van der Waals surface area contributed by atoms with Crippen LogP contribution in [0.1, 0.15) is 6.92 Å². The second-order valence-electron chi connectivity index (χ2n) is 4.67. The smallest absolute Gasteiger partial charge is 0.265 e. The Labute approximate surface area is 137 Å². The van der Waals surface area contributed by atoms with Crippen LogP contribution in [0.4, 0.5) is 14.5 Å². The summed E-state index contributed by atoms with van der Waals surface area (Å²) in [6.45, 7) is 1.44. The maximum absolute atomic E-state index is 13.5. The van der Waals surface area contributed by atoms with Crippen LogP contribution in [-0.4, -0.2) is 19.1 Å². The molecule has 0 aliphatic carbocycles. The highest BCUT2D eigenvalue weighted by Gasteiger charge is 2.18. The second-order valence-corrected chi connectivity index (χ2v) is 5.11. The summed E-state index contributed by atoms with van der Waals surface area (Å²) < 4.78 is 36.7. The molecule has 0 aliphatic rings. The molecule has 1 amide bonds.